The van der Waals surface area contributed by atoms with E-state index >= 15 is 0 Å². The van der Waals surface area contributed by atoms with Crippen molar-refractivity contribution in [2.75, 3.05) is 7.05 Å². The molecule has 0 aliphatic heterocycles. The SMILES string of the molecule is CN/N=C(/N)c1ccc(-c2ccccc2)cc1. The Bertz CT molecular complexity index is 501. The van der Waals surface area contributed by atoms with Crippen LogP contribution in [0.25, 0.3) is 11.1 Å². The van der Waals surface area contributed by atoms with Crippen molar-refractivity contribution in [1.29, 1.82) is 0 Å². The molecule has 3 N–H and O–H groups in total. The van der Waals surface area contributed by atoms with E-state index in [4.69, 9.17) is 5.73 Å². The summed E-state index contributed by atoms with van der Waals surface area (Å²) in [4.78, 5) is 0. The van der Waals surface area contributed by atoms with E-state index in [9.17, 15) is 0 Å². The highest BCUT2D eigenvalue weighted by Gasteiger charge is 2.00. The summed E-state index contributed by atoms with van der Waals surface area (Å²) < 4.78 is 0. The van der Waals surface area contributed by atoms with Gasteiger partial charge in [-0.1, -0.05) is 54.6 Å². The predicted octanol–water partition coefficient (Wildman–Crippen LogP) is 2.19. The minimum atomic E-state index is 0.493. The van der Waals surface area contributed by atoms with Gasteiger partial charge in [0.15, 0.2) is 5.84 Å². The van der Waals surface area contributed by atoms with Crippen molar-refractivity contribution in [3.05, 3.63) is 60.2 Å². The fraction of sp³-hybridized carbons (Fsp3) is 0.0714. The highest BCUT2D eigenvalue weighted by atomic mass is 15.3. The molecule has 0 heterocycles. The molecule has 0 bridgehead atoms. The lowest BCUT2D eigenvalue weighted by molar-refractivity contribution is 0.898. The summed E-state index contributed by atoms with van der Waals surface area (Å²) >= 11 is 0. The van der Waals surface area contributed by atoms with E-state index in [-0.39, 0.29) is 0 Å². The maximum Gasteiger partial charge on any atom is 0.150 e. The van der Waals surface area contributed by atoms with Crippen LogP contribution in [0.2, 0.25) is 0 Å². The summed E-state index contributed by atoms with van der Waals surface area (Å²) in [5.41, 5.74) is 11.7. The van der Waals surface area contributed by atoms with Crippen molar-refractivity contribution in [2.24, 2.45) is 10.8 Å². The zero-order valence-corrected chi connectivity index (χ0v) is 9.72. The van der Waals surface area contributed by atoms with Gasteiger partial charge in [0.1, 0.15) is 0 Å². The normalized spacial score (nSPS) is 11.2. The minimum absolute atomic E-state index is 0.493. The smallest absolute Gasteiger partial charge is 0.150 e. The Balaban J connectivity index is 2.28. The van der Waals surface area contributed by atoms with Gasteiger partial charge in [-0.25, -0.2) is 0 Å². The van der Waals surface area contributed by atoms with E-state index in [1.54, 1.807) is 7.05 Å². The highest BCUT2D eigenvalue weighted by Crippen LogP contribution is 2.18. The third-order valence-electron chi connectivity index (χ3n) is 2.52. The van der Waals surface area contributed by atoms with Gasteiger partial charge in [0.2, 0.25) is 0 Å². The molecule has 0 aromatic heterocycles. The van der Waals surface area contributed by atoms with Crippen LogP contribution < -0.4 is 11.2 Å². The Kier molecular flexibility index (Phi) is 3.40. The minimum Gasteiger partial charge on any atom is -0.382 e. The Morgan fingerprint density at radius 1 is 0.941 bits per heavy atom. The molecule has 0 atom stereocenters. The molecule has 0 saturated heterocycles. The molecule has 0 saturated carbocycles. The lowest BCUT2D eigenvalue weighted by atomic mass is 10.0. The zero-order valence-electron chi connectivity index (χ0n) is 9.72. The maximum atomic E-state index is 5.78. The quantitative estimate of drug-likeness (QED) is 0.478. The monoisotopic (exact) mass is 225 g/mol. The van der Waals surface area contributed by atoms with Gasteiger partial charge >= 0.3 is 0 Å². The summed E-state index contributed by atoms with van der Waals surface area (Å²) in [6, 6.07) is 18.3. The van der Waals surface area contributed by atoms with Gasteiger partial charge in [-0.05, 0) is 11.1 Å². The number of hydrogen-bond donors (Lipinski definition) is 2. The van der Waals surface area contributed by atoms with Crippen LogP contribution in [0.1, 0.15) is 5.56 Å². The number of nitrogens with one attached hydrogen (secondary N) is 1. The van der Waals surface area contributed by atoms with Crippen LogP contribution in [0.15, 0.2) is 59.7 Å². The van der Waals surface area contributed by atoms with E-state index < -0.39 is 0 Å². The van der Waals surface area contributed by atoms with Crippen LogP contribution in [-0.2, 0) is 0 Å². The second-order valence-corrected chi connectivity index (χ2v) is 3.66. The standard InChI is InChI=1S/C14H15N3/c1-16-17-14(15)13-9-7-12(8-10-13)11-5-3-2-4-6-11/h2-10,16H,1H3,(H2,15,17). The number of benzene rings is 2. The summed E-state index contributed by atoms with van der Waals surface area (Å²) in [5.74, 6) is 0.493. The molecular weight excluding hydrogens is 210 g/mol. The number of nitrogens with two attached hydrogens (primary N) is 1. The first-order valence-corrected chi connectivity index (χ1v) is 5.47. The third-order valence-corrected chi connectivity index (χ3v) is 2.52. The van der Waals surface area contributed by atoms with Gasteiger partial charge in [-0.3, -0.25) is 0 Å². The Labute approximate surface area is 101 Å². The second-order valence-electron chi connectivity index (χ2n) is 3.66. The van der Waals surface area contributed by atoms with Gasteiger partial charge in [-0.2, -0.15) is 5.10 Å². The first kappa shape index (κ1) is 11.2. The molecule has 0 amide bonds. The molecule has 2 aromatic carbocycles. The summed E-state index contributed by atoms with van der Waals surface area (Å²) in [5, 5.41) is 3.94. The van der Waals surface area contributed by atoms with Gasteiger partial charge in [0.25, 0.3) is 0 Å². The van der Waals surface area contributed by atoms with E-state index in [0.29, 0.717) is 5.84 Å². The number of hydrogen-bond acceptors (Lipinski definition) is 2. The summed E-state index contributed by atoms with van der Waals surface area (Å²) in [6.45, 7) is 0. The van der Waals surface area contributed by atoms with Crippen molar-refractivity contribution in [1.82, 2.24) is 5.43 Å². The molecule has 0 aliphatic carbocycles. The molecule has 2 rings (SSSR count). The van der Waals surface area contributed by atoms with E-state index in [1.165, 1.54) is 11.1 Å². The summed E-state index contributed by atoms with van der Waals surface area (Å²) in [6.07, 6.45) is 0. The average molecular weight is 225 g/mol. The van der Waals surface area contributed by atoms with Crippen LogP contribution in [0, 0.1) is 0 Å². The highest BCUT2D eigenvalue weighted by molar-refractivity contribution is 5.97. The van der Waals surface area contributed by atoms with Crippen molar-refractivity contribution >= 4 is 5.84 Å². The molecule has 0 radical (unpaired) electrons. The maximum absolute atomic E-state index is 5.78. The molecule has 86 valence electrons. The van der Waals surface area contributed by atoms with Crippen LogP contribution in [0.3, 0.4) is 0 Å². The van der Waals surface area contributed by atoms with Crippen molar-refractivity contribution in [3.63, 3.8) is 0 Å². The van der Waals surface area contributed by atoms with Crippen molar-refractivity contribution in [3.8, 4) is 11.1 Å². The Morgan fingerprint density at radius 2 is 1.53 bits per heavy atom. The fourth-order valence-electron chi connectivity index (χ4n) is 1.65. The van der Waals surface area contributed by atoms with Crippen LogP contribution in [0.5, 0.6) is 0 Å². The van der Waals surface area contributed by atoms with Gasteiger partial charge in [-0.15, -0.1) is 0 Å². The molecule has 3 heteroatoms. The second kappa shape index (κ2) is 5.16. The van der Waals surface area contributed by atoms with E-state index in [1.807, 2.05) is 42.5 Å². The predicted molar refractivity (Wildman–Crippen MR) is 71.7 cm³/mol. The molecule has 17 heavy (non-hydrogen) atoms. The molecule has 0 aliphatic rings. The number of amidine groups is 1. The topological polar surface area (TPSA) is 50.4 Å². The largest absolute Gasteiger partial charge is 0.382 e. The Hall–Kier alpha value is -2.29. The van der Waals surface area contributed by atoms with Crippen LogP contribution >= 0.6 is 0 Å². The molecule has 0 unspecified atom stereocenters. The van der Waals surface area contributed by atoms with E-state index in [0.717, 1.165) is 5.56 Å². The van der Waals surface area contributed by atoms with Gasteiger partial charge in [0, 0.05) is 12.6 Å². The molecular formula is C14H15N3. The first-order chi connectivity index (χ1) is 8.31. The average Bonchev–Trinajstić information content (AvgIpc) is 2.40. The molecule has 3 nitrogen and oxygen atoms in total. The summed E-state index contributed by atoms with van der Waals surface area (Å²) in [7, 11) is 1.73. The zero-order chi connectivity index (χ0) is 12.1. The van der Waals surface area contributed by atoms with Gasteiger partial charge in [0.05, 0.1) is 0 Å². The first-order valence-electron chi connectivity index (χ1n) is 5.47. The van der Waals surface area contributed by atoms with Crippen molar-refractivity contribution < 1.29 is 0 Å². The number of hydrazone groups is 1. The third kappa shape index (κ3) is 2.64. The number of rotatable bonds is 3. The van der Waals surface area contributed by atoms with Crippen molar-refractivity contribution in [2.45, 2.75) is 0 Å². The lowest BCUT2D eigenvalue weighted by Gasteiger charge is -2.04. The van der Waals surface area contributed by atoms with Gasteiger partial charge < -0.3 is 11.2 Å². The fourth-order valence-corrected chi connectivity index (χ4v) is 1.65. The number of nitrogens with zero attached hydrogens (tertiary/aromatic N) is 1. The van der Waals surface area contributed by atoms with Crippen LogP contribution in [-0.4, -0.2) is 12.9 Å². The molecule has 0 fully saturated rings. The molecule has 2 aromatic rings. The van der Waals surface area contributed by atoms with Crippen LogP contribution in [0.4, 0.5) is 0 Å². The molecule has 0 spiro atoms. The Morgan fingerprint density at radius 3 is 2.12 bits per heavy atom. The lowest BCUT2D eigenvalue weighted by Crippen LogP contribution is -2.16. The van der Waals surface area contributed by atoms with E-state index in [2.05, 4.69) is 22.7 Å².